The number of benzene rings is 2. The molecule has 1 amide bonds. The van der Waals surface area contributed by atoms with Crippen molar-refractivity contribution >= 4 is 27.3 Å². The lowest BCUT2D eigenvalue weighted by Gasteiger charge is -2.26. The molecule has 1 fully saturated rings. The molecule has 0 atom stereocenters. The minimum Gasteiger partial charge on any atom is -0.495 e. The summed E-state index contributed by atoms with van der Waals surface area (Å²) < 4.78 is 32.6. The quantitative estimate of drug-likeness (QED) is 0.701. The third-order valence-corrected chi connectivity index (χ3v) is 6.76. The summed E-state index contributed by atoms with van der Waals surface area (Å²) in [5.74, 6) is 0.0181. The summed E-state index contributed by atoms with van der Waals surface area (Å²) in [6.07, 6.45) is 2.72. The summed E-state index contributed by atoms with van der Waals surface area (Å²) in [6, 6.07) is 13.2. The largest absolute Gasteiger partial charge is 0.495 e. The molecule has 0 aromatic heterocycles. The Morgan fingerprint density at radius 1 is 1.13 bits per heavy atom. The van der Waals surface area contributed by atoms with Gasteiger partial charge in [0.15, 0.2) is 0 Å². The molecule has 1 heterocycles. The Morgan fingerprint density at radius 3 is 2.47 bits per heavy atom. The molecule has 1 aliphatic heterocycles. The van der Waals surface area contributed by atoms with E-state index in [1.54, 1.807) is 30.3 Å². The predicted octanol–water partition coefficient (Wildman–Crippen LogP) is 2.79. The minimum atomic E-state index is -3.62. The molecule has 0 saturated carbocycles. The van der Waals surface area contributed by atoms with Crippen LogP contribution in [0.3, 0.4) is 0 Å². The second-order valence-electron chi connectivity index (χ2n) is 6.92. The number of hydrogen-bond acceptors (Lipinski definition) is 6. The Bertz CT molecular complexity index is 1040. The van der Waals surface area contributed by atoms with Crippen LogP contribution in [0.2, 0.25) is 0 Å². The van der Waals surface area contributed by atoms with Gasteiger partial charge in [0.25, 0.3) is 0 Å². The van der Waals surface area contributed by atoms with Crippen LogP contribution in [-0.4, -0.2) is 45.4 Å². The van der Waals surface area contributed by atoms with Gasteiger partial charge in [-0.05, 0) is 55.3 Å². The van der Waals surface area contributed by atoms with E-state index in [0.29, 0.717) is 35.8 Å². The van der Waals surface area contributed by atoms with Gasteiger partial charge in [-0.3, -0.25) is 4.79 Å². The Morgan fingerprint density at radius 2 is 1.83 bits per heavy atom. The molecule has 0 bridgehead atoms. The molecule has 2 N–H and O–H groups in total. The van der Waals surface area contributed by atoms with E-state index in [9.17, 15) is 13.2 Å². The van der Waals surface area contributed by atoms with Gasteiger partial charge >= 0.3 is 0 Å². The number of nitrogens with zero attached hydrogens (tertiary/aromatic N) is 2. The molecule has 9 heteroatoms. The predicted molar refractivity (Wildman–Crippen MR) is 114 cm³/mol. The average Bonchev–Trinajstić information content (AvgIpc) is 2.78. The minimum absolute atomic E-state index is 0.0296. The fraction of sp³-hybridized carbons (Fsp3) is 0.333. The number of ether oxygens (including phenoxy) is 1. The Balaban J connectivity index is 1.71. The van der Waals surface area contributed by atoms with Gasteiger partial charge in [0.2, 0.25) is 15.9 Å². The van der Waals surface area contributed by atoms with Gasteiger partial charge in [-0.1, -0.05) is 6.42 Å². The van der Waals surface area contributed by atoms with Crippen molar-refractivity contribution in [3.63, 3.8) is 0 Å². The highest BCUT2D eigenvalue weighted by Gasteiger charge is 2.27. The first-order valence-electron chi connectivity index (χ1n) is 9.66. The maximum Gasteiger partial charge on any atom is 0.243 e. The first-order valence-corrected chi connectivity index (χ1v) is 11.1. The zero-order valence-electron chi connectivity index (χ0n) is 16.7. The van der Waals surface area contributed by atoms with Crippen LogP contribution >= 0.6 is 0 Å². The van der Waals surface area contributed by atoms with E-state index in [1.807, 2.05) is 6.07 Å². The van der Waals surface area contributed by atoms with Crippen LogP contribution in [0.5, 0.6) is 5.75 Å². The molecule has 0 radical (unpaired) electrons. The number of nitriles is 1. The van der Waals surface area contributed by atoms with Gasteiger partial charge in [-0.2, -0.15) is 9.57 Å². The van der Waals surface area contributed by atoms with Crippen LogP contribution in [0.15, 0.2) is 47.4 Å². The van der Waals surface area contributed by atoms with Gasteiger partial charge in [0.1, 0.15) is 5.75 Å². The number of carbonyl (C=O) groups excluding carboxylic acids is 1. The summed E-state index contributed by atoms with van der Waals surface area (Å²) in [4.78, 5) is 12.5. The third kappa shape index (κ3) is 5.09. The first-order chi connectivity index (χ1) is 14.4. The average molecular weight is 429 g/mol. The molecule has 1 saturated heterocycles. The molecule has 8 nitrogen and oxygen atoms in total. The number of amides is 1. The third-order valence-electron chi connectivity index (χ3n) is 4.86. The van der Waals surface area contributed by atoms with E-state index >= 15 is 0 Å². The molecule has 2 aromatic rings. The topological polar surface area (TPSA) is 112 Å². The molecule has 0 unspecified atom stereocenters. The molecule has 30 heavy (non-hydrogen) atoms. The first kappa shape index (κ1) is 21.6. The summed E-state index contributed by atoms with van der Waals surface area (Å²) >= 11 is 0. The number of carbonyl (C=O) groups is 1. The molecular weight excluding hydrogens is 404 g/mol. The smallest absolute Gasteiger partial charge is 0.243 e. The van der Waals surface area contributed by atoms with Crippen molar-refractivity contribution in [2.24, 2.45) is 0 Å². The summed E-state index contributed by atoms with van der Waals surface area (Å²) in [5, 5.41) is 14.5. The van der Waals surface area contributed by atoms with Crippen molar-refractivity contribution < 1.29 is 17.9 Å². The SMILES string of the molecule is COc1ccc(S(=O)(=O)N2CCCCC2)cc1NC(=O)CNc1ccc(C#N)cc1. The number of anilines is 2. The zero-order chi connectivity index (χ0) is 21.6. The van der Waals surface area contributed by atoms with E-state index < -0.39 is 10.0 Å². The molecule has 0 aliphatic carbocycles. The number of rotatable bonds is 7. The standard InChI is InChI=1S/C21H24N4O4S/c1-29-20-10-9-18(30(27,28)25-11-3-2-4-12-25)13-19(20)24-21(26)15-23-17-7-5-16(14-22)6-8-17/h5-10,13,23H,2-4,11-12,15H2,1H3,(H,24,26). The second kappa shape index (κ2) is 9.61. The number of hydrogen-bond donors (Lipinski definition) is 2. The number of methoxy groups -OCH3 is 1. The van der Waals surface area contributed by atoms with Gasteiger partial charge in [-0.25, -0.2) is 8.42 Å². The number of nitrogens with one attached hydrogen (secondary N) is 2. The van der Waals surface area contributed by atoms with Crippen molar-refractivity contribution in [2.45, 2.75) is 24.2 Å². The Labute approximate surface area is 176 Å². The van der Waals surface area contributed by atoms with E-state index in [-0.39, 0.29) is 17.3 Å². The number of piperidine rings is 1. The molecule has 2 aromatic carbocycles. The van der Waals surface area contributed by atoms with Crippen molar-refractivity contribution in [1.82, 2.24) is 4.31 Å². The number of sulfonamides is 1. The highest BCUT2D eigenvalue weighted by molar-refractivity contribution is 7.89. The van der Waals surface area contributed by atoms with E-state index in [0.717, 1.165) is 19.3 Å². The summed E-state index contributed by atoms with van der Waals surface area (Å²) in [5.41, 5.74) is 1.52. The van der Waals surface area contributed by atoms with Crippen molar-refractivity contribution in [2.75, 3.05) is 37.4 Å². The second-order valence-corrected chi connectivity index (χ2v) is 8.86. The Hall–Kier alpha value is -3.09. The van der Waals surface area contributed by atoms with E-state index in [1.165, 1.54) is 23.5 Å². The zero-order valence-corrected chi connectivity index (χ0v) is 17.5. The summed E-state index contributed by atoms with van der Waals surface area (Å²) in [7, 11) is -2.17. The molecule has 1 aliphatic rings. The van der Waals surface area contributed by atoms with Gasteiger partial charge in [0, 0.05) is 18.8 Å². The van der Waals surface area contributed by atoms with Crippen LogP contribution in [0.1, 0.15) is 24.8 Å². The molecule has 0 spiro atoms. The van der Waals surface area contributed by atoms with Crippen molar-refractivity contribution in [1.29, 1.82) is 5.26 Å². The van der Waals surface area contributed by atoms with Crippen LogP contribution < -0.4 is 15.4 Å². The van der Waals surface area contributed by atoms with E-state index in [2.05, 4.69) is 10.6 Å². The van der Waals surface area contributed by atoms with E-state index in [4.69, 9.17) is 10.00 Å². The maximum atomic E-state index is 12.9. The van der Waals surface area contributed by atoms with Crippen molar-refractivity contribution in [3.8, 4) is 11.8 Å². The lowest BCUT2D eigenvalue weighted by atomic mass is 10.2. The van der Waals surface area contributed by atoms with Crippen LogP contribution in [0.25, 0.3) is 0 Å². The van der Waals surface area contributed by atoms with Gasteiger partial charge in [0.05, 0.1) is 35.9 Å². The molecular formula is C21H24N4O4S. The maximum absolute atomic E-state index is 12.9. The Kier molecular flexibility index (Phi) is 6.92. The van der Waals surface area contributed by atoms with Crippen LogP contribution in [0.4, 0.5) is 11.4 Å². The normalized spacial score (nSPS) is 14.5. The lowest BCUT2D eigenvalue weighted by Crippen LogP contribution is -2.35. The molecule has 3 rings (SSSR count). The highest BCUT2D eigenvalue weighted by atomic mass is 32.2. The van der Waals surface area contributed by atoms with Crippen LogP contribution in [-0.2, 0) is 14.8 Å². The monoisotopic (exact) mass is 428 g/mol. The summed E-state index contributed by atoms with van der Waals surface area (Å²) in [6.45, 7) is 0.979. The highest BCUT2D eigenvalue weighted by Crippen LogP contribution is 2.30. The fourth-order valence-electron chi connectivity index (χ4n) is 3.24. The van der Waals surface area contributed by atoms with Gasteiger partial charge < -0.3 is 15.4 Å². The molecule has 158 valence electrons. The van der Waals surface area contributed by atoms with Gasteiger partial charge in [-0.15, -0.1) is 0 Å². The van der Waals surface area contributed by atoms with Crippen molar-refractivity contribution in [3.05, 3.63) is 48.0 Å². The fourth-order valence-corrected chi connectivity index (χ4v) is 4.78. The lowest BCUT2D eigenvalue weighted by molar-refractivity contribution is -0.114. The van der Waals surface area contributed by atoms with Crippen LogP contribution in [0, 0.1) is 11.3 Å².